The maximum absolute atomic E-state index is 12.9. The van der Waals surface area contributed by atoms with Crippen molar-refractivity contribution in [3.05, 3.63) is 21.3 Å². The summed E-state index contributed by atoms with van der Waals surface area (Å²) in [6, 6.07) is 3.62. The molecule has 0 heterocycles. The highest BCUT2D eigenvalue weighted by Gasteiger charge is 2.21. The molecule has 22 heavy (non-hydrogen) atoms. The van der Waals surface area contributed by atoms with Crippen LogP contribution in [0, 0.1) is 9.49 Å². The number of carbonyl (C=O) groups excluding carboxylic acids is 1. The van der Waals surface area contributed by atoms with Crippen molar-refractivity contribution in [2.24, 2.45) is 5.92 Å². The van der Waals surface area contributed by atoms with E-state index in [-0.39, 0.29) is 5.91 Å². The Labute approximate surface area is 147 Å². The number of amides is 1. The molecule has 0 fully saturated rings. The van der Waals surface area contributed by atoms with Gasteiger partial charge >= 0.3 is 0 Å². The largest absolute Gasteiger partial charge is 0.493 e. The van der Waals surface area contributed by atoms with Crippen LogP contribution in [0.4, 0.5) is 0 Å². The molecule has 1 aromatic carbocycles. The van der Waals surface area contributed by atoms with Crippen molar-refractivity contribution in [2.75, 3.05) is 27.3 Å². The lowest BCUT2D eigenvalue weighted by atomic mass is 10.0. The van der Waals surface area contributed by atoms with E-state index in [1.54, 1.807) is 20.3 Å². The number of halogens is 1. The molecule has 1 amide bonds. The van der Waals surface area contributed by atoms with Gasteiger partial charge in [0.25, 0.3) is 5.91 Å². The SMILES string of the molecule is CCC(CC)CN(CC)C(=O)c1cc(OC)c(OC)cc1I. The molecule has 0 aliphatic heterocycles. The number of methoxy groups -OCH3 is 2. The van der Waals surface area contributed by atoms with E-state index < -0.39 is 0 Å². The van der Waals surface area contributed by atoms with Gasteiger partial charge in [-0.05, 0) is 47.6 Å². The highest BCUT2D eigenvalue weighted by Crippen LogP contribution is 2.32. The van der Waals surface area contributed by atoms with Crippen molar-refractivity contribution >= 4 is 28.5 Å². The Morgan fingerprint density at radius 3 is 2.14 bits per heavy atom. The van der Waals surface area contributed by atoms with Gasteiger partial charge in [0.15, 0.2) is 11.5 Å². The van der Waals surface area contributed by atoms with E-state index in [1.165, 1.54) is 0 Å². The van der Waals surface area contributed by atoms with Crippen molar-refractivity contribution in [3.8, 4) is 11.5 Å². The minimum Gasteiger partial charge on any atom is -0.493 e. The lowest BCUT2D eigenvalue weighted by Crippen LogP contribution is -2.35. The van der Waals surface area contributed by atoms with Crippen LogP contribution in [-0.2, 0) is 0 Å². The summed E-state index contributed by atoms with van der Waals surface area (Å²) in [6.45, 7) is 7.87. The van der Waals surface area contributed by atoms with Gasteiger partial charge in [-0.25, -0.2) is 0 Å². The number of rotatable bonds is 8. The minimum atomic E-state index is 0.0553. The van der Waals surface area contributed by atoms with Crippen LogP contribution in [0.15, 0.2) is 12.1 Å². The van der Waals surface area contributed by atoms with E-state index >= 15 is 0 Å². The van der Waals surface area contributed by atoms with Crippen molar-refractivity contribution in [1.82, 2.24) is 4.90 Å². The molecule has 0 aliphatic carbocycles. The monoisotopic (exact) mass is 419 g/mol. The Kier molecular flexibility index (Phi) is 8.00. The molecule has 0 aliphatic rings. The predicted octanol–water partition coefficient (Wildman–Crippen LogP) is 4.21. The second-order valence-corrected chi connectivity index (χ2v) is 6.38. The summed E-state index contributed by atoms with van der Waals surface area (Å²) in [7, 11) is 3.18. The first kappa shape index (κ1) is 19.1. The number of hydrogen-bond donors (Lipinski definition) is 0. The number of ether oxygens (including phenoxy) is 2. The van der Waals surface area contributed by atoms with E-state index in [0.29, 0.717) is 29.5 Å². The Balaban J connectivity index is 3.09. The molecular formula is C17H26INO3. The zero-order valence-electron chi connectivity index (χ0n) is 14.1. The summed E-state index contributed by atoms with van der Waals surface area (Å²) in [6.07, 6.45) is 2.17. The molecule has 0 N–H and O–H groups in total. The summed E-state index contributed by atoms with van der Waals surface area (Å²) < 4.78 is 11.5. The topological polar surface area (TPSA) is 38.8 Å². The molecule has 0 atom stereocenters. The minimum absolute atomic E-state index is 0.0553. The van der Waals surface area contributed by atoms with E-state index in [1.807, 2.05) is 17.9 Å². The van der Waals surface area contributed by atoms with Crippen LogP contribution in [0.1, 0.15) is 44.0 Å². The van der Waals surface area contributed by atoms with Gasteiger partial charge in [-0.1, -0.05) is 26.7 Å². The molecule has 1 aromatic rings. The predicted molar refractivity (Wildman–Crippen MR) is 97.9 cm³/mol. The third-order valence-electron chi connectivity index (χ3n) is 4.01. The standard InChI is InChI=1S/C17H26INO3/c1-6-12(7-2)11-19(8-3)17(20)13-9-15(21-4)16(22-5)10-14(13)18/h9-10,12H,6-8,11H2,1-5H3. The normalized spacial score (nSPS) is 10.7. The zero-order valence-corrected chi connectivity index (χ0v) is 16.3. The van der Waals surface area contributed by atoms with Crippen LogP contribution in [0.5, 0.6) is 11.5 Å². The molecular weight excluding hydrogens is 393 g/mol. The zero-order chi connectivity index (χ0) is 16.7. The van der Waals surface area contributed by atoms with Gasteiger partial charge in [-0.3, -0.25) is 4.79 Å². The van der Waals surface area contributed by atoms with Gasteiger partial charge < -0.3 is 14.4 Å². The molecule has 0 saturated carbocycles. The average molecular weight is 419 g/mol. The lowest BCUT2D eigenvalue weighted by molar-refractivity contribution is 0.0733. The molecule has 0 aromatic heterocycles. The molecule has 124 valence electrons. The molecule has 4 nitrogen and oxygen atoms in total. The fourth-order valence-corrected chi connectivity index (χ4v) is 3.07. The highest BCUT2D eigenvalue weighted by molar-refractivity contribution is 14.1. The van der Waals surface area contributed by atoms with E-state index in [9.17, 15) is 4.79 Å². The van der Waals surface area contributed by atoms with Gasteiger partial charge in [0.1, 0.15) is 0 Å². The Hall–Kier alpha value is -0.980. The van der Waals surface area contributed by atoms with Crippen molar-refractivity contribution in [2.45, 2.75) is 33.6 Å². The first-order chi connectivity index (χ1) is 10.5. The van der Waals surface area contributed by atoms with E-state index in [2.05, 4.69) is 36.4 Å². The second kappa shape index (κ2) is 9.22. The van der Waals surface area contributed by atoms with Crippen LogP contribution in [0.2, 0.25) is 0 Å². The molecule has 0 bridgehead atoms. The lowest BCUT2D eigenvalue weighted by Gasteiger charge is -2.26. The number of hydrogen-bond acceptors (Lipinski definition) is 3. The van der Waals surface area contributed by atoms with Crippen LogP contribution < -0.4 is 9.47 Å². The molecule has 0 saturated heterocycles. The summed E-state index contributed by atoms with van der Waals surface area (Å²) in [4.78, 5) is 14.8. The summed E-state index contributed by atoms with van der Waals surface area (Å²) in [5.41, 5.74) is 0.672. The number of carbonyl (C=O) groups is 1. The fourth-order valence-electron chi connectivity index (χ4n) is 2.40. The molecule has 0 unspecified atom stereocenters. The quantitative estimate of drug-likeness (QED) is 0.593. The third kappa shape index (κ3) is 4.51. The van der Waals surface area contributed by atoms with Crippen molar-refractivity contribution in [1.29, 1.82) is 0 Å². The maximum atomic E-state index is 12.9. The van der Waals surface area contributed by atoms with Gasteiger partial charge in [0.05, 0.1) is 19.8 Å². The number of nitrogens with zero attached hydrogens (tertiary/aromatic N) is 1. The van der Waals surface area contributed by atoms with Crippen LogP contribution >= 0.6 is 22.6 Å². The molecule has 5 heteroatoms. The van der Waals surface area contributed by atoms with Crippen LogP contribution in [0.3, 0.4) is 0 Å². The molecule has 0 radical (unpaired) electrons. The van der Waals surface area contributed by atoms with Crippen molar-refractivity contribution < 1.29 is 14.3 Å². The molecule has 0 spiro atoms. The van der Waals surface area contributed by atoms with Gasteiger partial charge in [-0.15, -0.1) is 0 Å². The second-order valence-electron chi connectivity index (χ2n) is 5.21. The third-order valence-corrected chi connectivity index (χ3v) is 4.90. The van der Waals surface area contributed by atoms with E-state index in [4.69, 9.17) is 9.47 Å². The van der Waals surface area contributed by atoms with Gasteiger partial charge in [-0.2, -0.15) is 0 Å². The van der Waals surface area contributed by atoms with Gasteiger partial charge in [0, 0.05) is 16.7 Å². The van der Waals surface area contributed by atoms with Crippen LogP contribution in [-0.4, -0.2) is 38.1 Å². The van der Waals surface area contributed by atoms with Crippen LogP contribution in [0.25, 0.3) is 0 Å². The fraction of sp³-hybridized carbons (Fsp3) is 0.588. The Morgan fingerprint density at radius 1 is 1.14 bits per heavy atom. The first-order valence-corrected chi connectivity index (χ1v) is 8.80. The smallest absolute Gasteiger partial charge is 0.255 e. The van der Waals surface area contributed by atoms with Crippen molar-refractivity contribution in [3.63, 3.8) is 0 Å². The molecule has 1 rings (SSSR count). The Morgan fingerprint density at radius 2 is 1.68 bits per heavy atom. The number of benzene rings is 1. The first-order valence-electron chi connectivity index (χ1n) is 7.72. The van der Waals surface area contributed by atoms with E-state index in [0.717, 1.165) is 23.0 Å². The Bertz CT molecular complexity index is 501. The summed E-state index contributed by atoms with van der Waals surface area (Å²) in [5.74, 6) is 1.83. The summed E-state index contributed by atoms with van der Waals surface area (Å²) >= 11 is 2.18. The highest BCUT2D eigenvalue weighted by atomic mass is 127. The summed E-state index contributed by atoms with van der Waals surface area (Å²) in [5, 5.41) is 0. The van der Waals surface area contributed by atoms with Gasteiger partial charge in [0.2, 0.25) is 0 Å². The maximum Gasteiger partial charge on any atom is 0.255 e. The average Bonchev–Trinajstić information content (AvgIpc) is 2.55.